The highest BCUT2D eigenvalue weighted by molar-refractivity contribution is 8.00. The van der Waals surface area contributed by atoms with Gasteiger partial charge in [0.2, 0.25) is 0 Å². The number of methoxy groups -OCH3 is 1. The number of halogens is 1. The molecule has 0 saturated carbocycles. The number of fused-ring (bicyclic) bond motifs is 1. The first kappa shape index (κ1) is 14.9. The van der Waals surface area contributed by atoms with Gasteiger partial charge in [0.25, 0.3) is 0 Å². The Morgan fingerprint density at radius 1 is 1.32 bits per heavy atom. The minimum absolute atomic E-state index is 0.201. The molecular formula is C15H11FN2O2S2. The molecule has 1 aromatic carbocycles. The number of hydrogen-bond acceptors (Lipinski definition) is 6. The summed E-state index contributed by atoms with van der Waals surface area (Å²) in [5.74, 6) is -0.363. The third-order valence-corrected chi connectivity index (χ3v) is 5.23. The van der Waals surface area contributed by atoms with Crippen LogP contribution in [0.3, 0.4) is 0 Å². The molecule has 3 aromatic rings. The van der Waals surface area contributed by atoms with E-state index in [4.69, 9.17) is 0 Å². The maximum absolute atomic E-state index is 13.0. The molecule has 0 aliphatic rings. The Hall–Kier alpha value is -1.99. The van der Waals surface area contributed by atoms with Gasteiger partial charge in [-0.3, -0.25) is 4.79 Å². The number of nitrogens with zero attached hydrogens (tertiary/aromatic N) is 2. The topological polar surface area (TPSA) is 52.1 Å². The smallest absolute Gasteiger partial charge is 0.316 e. The van der Waals surface area contributed by atoms with Crippen molar-refractivity contribution >= 4 is 39.3 Å². The lowest BCUT2D eigenvalue weighted by molar-refractivity contribution is -0.137. The second kappa shape index (κ2) is 6.41. The zero-order valence-corrected chi connectivity index (χ0v) is 13.2. The highest BCUT2D eigenvalue weighted by Crippen LogP contribution is 2.36. The summed E-state index contributed by atoms with van der Waals surface area (Å²) in [6.45, 7) is 0. The van der Waals surface area contributed by atoms with E-state index in [0.29, 0.717) is 0 Å². The summed E-state index contributed by atoms with van der Waals surface area (Å²) in [5, 5.41) is 0.744. The number of hydrogen-bond donors (Lipinski definition) is 0. The van der Waals surface area contributed by atoms with Crippen molar-refractivity contribution in [1.82, 2.24) is 9.97 Å². The summed E-state index contributed by atoms with van der Waals surface area (Å²) in [6.07, 6.45) is 1.48. The molecule has 22 heavy (non-hydrogen) atoms. The lowest BCUT2D eigenvalue weighted by Gasteiger charge is -2.00. The van der Waals surface area contributed by atoms with E-state index >= 15 is 0 Å². The predicted molar refractivity (Wildman–Crippen MR) is 85.5 cm³/mol. The highest BCUT2D eigenvalue weighted by Gasteiger charge is 2.12. The Morgan fingerprint density at radius 2 is 2.09 bits per heavy atom. The maximum atomic E-state index is 13.0. The highest BCUT2D eigenvalue weighted by atomic mass is 32.2. The van der Waals surface area contributed by atoms with Crippen LogP contribution in [-0.2, 0) is 9.53 Å². The fourth-order valence-electron chi connectivity index (χ4n) is 1.88. The minimum Gasteiger partial charge on any atom is -0.468 e. The van der Waals surface area contributed by atoms with Crippen molar-refractivity contribution in [3.63, 3.8) is 0 Å². The van der Waals surface area contributed by atoms with Gasteiger partial charge >= 0.3 is 5.97 Å². The van der Waals surface area contributed by atoms with Crippen molar-refractivity contribution in [2.24, 2.45) is 0 Å². The summed E-state index contributed by atoms with van der Waals surface area (Å²) in [6, 6.07) is 8.26. The van der Waals surface area contributed by atoms with Crippen LogP contribution in [0.25, 0.3) is 20.7 Å². The average Bonchev–Trinajstić information content (AvgIpc) is 2.97. The molecule has 0 aliphatic carbocycles. The predicted octanol–water partition coefficient (Wildman–Crippen LogP) is 3.76. The van der Waals surface area contributed by atoms with E-state index in [2.05, 4.69) is 14.7 Å². The summed E-state index contributed by atoms with van der Waals surface area (Å²) >= 11 is 2.84. The van der Waals surface area contributed by atoms with Crippen molar-refractivity contribution in [2.45, 2.75) is 5.03 Å². The van der Waals surface area contributed by atoms with E-state index in [9.17, 15) is 9.18 Å². The van der Waals surface area contributed by atoms with Crippen LogP contribution < -0.4 is 0 Å². The lowest BCUT2D eigenvalue weighted by atomic mass is 10.2. The number of ether oxygens (including phenoxy) is 1. The second-order valence-corrected chi connectivity index (χ2v) is 6.39. The third kappa shape index (κ3) is 3.10. The monoisotopic (exact) mass is 334 g/mol. The van der Waals surface area contributed by atoms with E-state index in [0.717, 1.165) is 25.7 Å². The normalized spacial score (nSPS) is 10.8. The van der Waals surface area contributed by atoms with Crippen LogP contribution in [0.2, 0.25) is 0 Å². The number of esters is 1. The zero-order chi connectivity index (χ0) is 15.5. The van der Waals surface area contributed by atoms with Crippen LogP contribution in [0.5, 0.6) is 0 Å². The molecule has 3 rings (SSSR count). The number of carbonyl (C=O) groups is 1. The van der Waals surface area contributed by atoms with Gasteiger partial charge in [0, 0.05) is 4.88 Å². The van der Waals surface area contributed by atoms with Gasteiger partial charge in [0.05, 0.1) is 23.1 Å². The largest absolute Gasteiger partial charge is 0.468 e. The first-order chi connectivity index (χ1) is 10.7. The molecule has 0 N–H and O–H groups in total. The van der Waals surface area contributed by atoms with Crippen LogP contribution in [0.15, 0.2) is 41.7 Å². The van der Waals surface area contributed by atoms with Crippen molar-refractivity contribution < 1.29 is 13.9 Å². The van der Waals surface area contributed by atoms with Gasteiger partial charge in [-0.05, 0) is 23.8 Å². The fourth-order valence-corrected chi connectivity index (χ4v) is 3.91. The fraction of sp³-hybridized carbons (Fsp3) is 0.133. The molecule has 0 saturated heterocycles. The molecule has 112 valence electrons. The van der Waals surface area contributed by atoms with Crippen molar-refractivity contribution in [1.29, 1.82) is 0 Å². The van der Waals surface area contributed by atoms with Crippen LogP contribution >= 0.6 is 23.1 Å². The molecule has 0 radical (unpaired) electrons. The Bertz CT molecular complexity index is 818. The van der Waals surface area contributed by atoms with Gasteiger partial charge < -0.3 is 4.74 Å². The molecule has 4 nitrogen and oxygen atoms in total. The van der Waals surface area contributed by atoms with Crippen LogP contribution in [0.1, 0.15) is 0 Å². The van der Waals surface area contributed by atoms with E-state index in [1.54, 1.807) is 12.1 Å². The Labute approximate surface area is 134 Å². The maximum Gasteiger partial charge on any atom is 0.316 e. The standard InChI is InChI=1S/C15H11FN2O2S2/c1-20-13(19)7-21-15-14-11(17-8-18-15)6-12(22-14)9-2-4-10(16)5-3-9/h2-6,8H,7H2,1H3. The summed E-state index contributed by atoms with van der Waals surface area (Å²) < 4.78 is 18.6. The number of rotatable bonds is 4. The van der Waals surface area contributed by atoms with Gasteiger partial charge in [-0.25, -0.2) is 14.4 Å². The van der Waals surface area contributed by atoms with Gasteiger partial charge in [0.1, 0.15) is 17.2 Å². The molecule has 0 atom stereocenters. The van der Waals surface area contributed by atoms with Crippen molar-refractivity contribution in [3.05, 3.63) is 42.5 Å². The van der Waals surface area contributed by atoms with E-state index in [-0.39, 0.29) is 17.5 Å². The first-order valence-electron chi connectivity index (χ1n) is 6.37. The van der Waals surface area contributed by atoms with Crippen molar-refractivity contribution in [2.75, 3.05) is 12.9 Å². The molecular weight excluding hydrogens is 323 g/mol. The number of benzene rings is 1. The molecule has 0 fully saturated rings. The molecule has 0 amide bonds. The second-order valence-electron chi connectivity index (χ2n) is 4.38. The van der Waals surface area contributed by atoms with E-state index in [1.807, 2.05) is 6.07 Å². The number of thioether (sulfide) groups is 1. The SMILES string of the molecule is COC(=O)CSc1ncnc2cc(-c3ccc(F)cc3)sc12. The van der Waals surface area contributed by atoms with Gasteiger partial charge in [-0.15, -0.1) is 11.3 Å². The summed E-state index contributed by atoms with van der Waals surface area (Å²) in [7, 11) is 1.36. The average molecular weight is 334 g/mol. The summed E-state index contributed by atoms with van der Waals surface area (Å²) in [4.78, 5) is 20.7. The molecule has 0 unspecified atom stereocenters. The third-order valence-electron chi connectivity index (χ3n) is 2.96. The number of aromatic nitrogens is 2. The van der Waals surface area contributed by atoms with Crippen LogP contribution in [0.4, 0.5) is 4.39 Å². The van der Waals surface area contributed by atoms with E-state index < -0.39 is 0 Å². The number of carbonyl (C=O) groups excluding carboxylic acids is 1. The quantitative estimate of drug-likeness (QED) is 0.413. The Morgan fingerprint density at radius 3 is 2.82 bits per heavy atom. The molecule has 0 aliphatic heterocycles. The van der Waals surface area contributed by atoms with E-state index in [1.165, 1.54) is 48.7 Å². The molecule has 0 bridgehead atoms. The van der Waals surface area contributed by atoms with Gasteiger partial charge in [-0.1, -0.05) is 23.9 Å². The summed E-state index contributed by atoms with van der Waals surface area (Å²) in [5.41, 5.74) is 1.74. The molecule has 7 heteroatoms. The Kier molecular flexibility index (Phi) is 4.35. The molecule has 2 heterocycles. The van der Waals surface area contributed by atoms with Crippen LogP contribution in [-0.4, -0.2) is 28.8 Å². The van der Waals surface area contributed by atoms with Gasteiger partial charge in [0.15, 0.2) is 0 Å². The van der Waals surface area contributed by atoms with Gasteiger partial charge in [-0.2, -0.15) is 0 Å². The minimum atomic E-state index is -0.299. The molecule has 0 spiro atoms. The Balaban J connectivity index is 1.95. The lowest BCUT2D eigenvalue weighted by Crippen LogP contribution is -2.03. The first-order valence-corrected chi connectivity index (χ1v) is 8.17. The zero-order valence-electron chi connectivity index (χ0n) is 11.6. The van der Waals surface area contributed by atoms with Crippen LogP contribution in [0, 0.1) is 5.82 Å². The molecule has 2 aromatic heterocycles. The number of thiophene rings is 1. The van der Waals surface area contributed by atoms with Crippen molar-refractivity contribution in [3.8, 4) is 10.4 Å².